The van der Waals surface area contributed by atoms with Crippen LogP contribution in [0, 0.1) is 24.1 Å². The highest BCUT2D eigenvalue weighted by Gasteiger charge is 2.11. The molecule has 0 bridgehead atoms. The summed E-state index contributed by atoms with van der Waals surface area (Å²) < 4.78 is 17.3. The highest BCUT2D eigenvalue weighted by molar-refractivity contribution is 5.98. The molecular weight excluding hydrogens is 387 g/mol. The molecule has 0 aliphatic carbocycles. The first-order valence-corrected chi connectivity index (χ1v) is 9.49. The number of hydrogen-bond donors (Lipinski definition) is 1. The molecule has 0 atom stereocenters. The molecular formula is C23H25FN2O4. The number of halogens is 1. The quantitative estimate of drug-likeness (QED) is 0.396. The zero-order valence-corrected chi connectivity index (χ0v) is 17.1. The van der Waals surface area contributed by atoms with Crippen molar-refractivity contribution in [2.45, 2.75) is 39.5 Å². The summed E-state index contributed by atoms with van der Waals surface area (Å²) >= 11 is 0. The molecule has 2 aromatic carbocycles. The van der Waals surface area contributed by atoms with Gasteiger partial charge in [-0.15, -0.1) is 0 Å². The van der Waals surface area contributed by atoms with Gasteiger partial charge in [-0.25, -0.2) is 4.39 Å². The molecule has 0 saturated heterocycles. The summed E-state index contributed by atoms with van der Waals surface area (Å²) in [7, 11) is 0. The van der Waals surface area contributed by atoms with E-state index < -0.39 is 5.82 Å². The number of nitrogens with zero attached hydrogens (tertiary/aromatic N) is 1. The van der Waals surface area contributed by atoms with Gasteiger partial charge in [0.2, 0.25) is 0 Å². The lowest BCUT2D eigenvalue weighted by atomic mass is 10.0. The van der Waals surface area contributed by atoms with Crippen molar-refractivity contribution in [3.63, 3.8) is 0 Å². The summed E-state index contributed by atoms with van der Waals surface area (Å²) in [5, 5.41) is 8.28. The van der Waals surface area contributed by atoms with Gasteiger partial charge >= 0.3 is 5.97 Å². The van der Waals surface area contributed by atoms with Crippen LogP contribution in [0.4, 0.5) is 10.1 Å². The van der Waals surface area contributed by atoms with Gasteiger partial charge in [0, 0.05) is 30.5 Å². The number of benzene rings is 2. The van der Waals surface area contributed by atoms with Crippen molar-refractivity contribution >= 4 is 23.2 Å². The Kier molecular flexibility index (Phi) is 10.5. The minimum Gasteiger partial charge on any atom is -0.466 e. The van der Waals surface area contributed by atoms with E-state index >= 15 is 0 Å². The standard InChI is InChI=1S/C16H20O4.C7H5FN2/c1-3-20-16(19)11-9-14(17)8-10-15(18)13-6-4-12(2)5-7-13;8-7-3-6(10)2-1-5(7)4-9/h4-7H,3,8-11H2,1-2H3;1-3H,10H2. The van der Waals surface area contributed by atoms with Gasteiger partial charge in [0.15, 0.2) is 5.78 Å². The summed E-state index contributed by atoms with van der Waals surface area (Å²) in [6.45, 7) is 3.99. The Morgan fingerprint density at radius 2 is 1.67 bits per heavy atom. The number of nitrogen functional groups attached to an aromatic ring is 1. The average Bonchev–Trinajstić information content (AvgIpc) is 2.72. The Balaban J connectivity index is 0.000000375. The Morgan fingerprint density at radius 1 is 1.03 bits per heavy atom. The molecule has 0 heterocycles. The van der Waals surface area contributed by atoms with E-state index in [0.717, 1.165) is 11.6 Å². The zero-order chi connectivity index (χ0) is 22.5. The summed E-state index contributed by atoms with van der Waals surface area (Å²) in [5.74, 6) is -1.07. The Hall–Kier alpha value is -3.53. The normalized spacial score (nSPS) is 9.67. The second-order valence-corrected chi connectivity index (χ2v) is 6.48. The van der Waals surface area contributed by atoms with Crippen LogP contribution < -0.4 is 5.73 Å². The lowest BCUT2D eigenvalue weighted by Gasteiger charge is -2.03. The molecule has 158 valence electrons. The maximum Gasteiger partial charge on any atom is 0.306 e. The second-order valence-electron chi connectivity index (χ2n) is 6.48. The molecule has 0 aliphatic heterocycles. The number of nitrogens with two attached hydrogens (primary N) is 1. The number of ether oxygens (including phenoxy) is 1. The molecule has 30 heavy (non-hydrogen) atoms. The van der Waals surface area contributed by atoms with Crippen LogP contribution in [0.25, 0.3) is 0 Å². The predicted molar refractivity (Wildman–Crippen MR) is 111 cm³/mol. The Morgan fingerprint density at radius 3 is 2.23 bits per heavy atom. The SMILES string of the molecule is CCOC(=O)CCC(=O)CCC(=O)c1ccc(C)cc1.N#Cc1ccc(N)cc1F. The molecule has 2 rings (SSSR count). The smallest absolute Gasteiger partial charge is 0.306 e. The predicted octanol–water partition coefficient (Wildman–Crippen LogP) is 4.15. The van der Waals surface area contributed by atoms with Crippen LogP contribution in [0.1, 0.15) is 54.1 Å². The van der Waals surface area contributed by atoms with Crippen molar-refractivity contribution in [2.75, 3.05) is 12.3 Å². The molecule has 2 N–H and O–H groups in total. The van der Waals surface area contributed by atoms with E-state index in [4.69, 9.17) is 15.7 Å². The molecule has 0 saturated carbocycles. The zero-order valence-electron chi connectivity index (χ0n) is 17.1. The van der Waals surface area contributed by atoms with Crippen LogP contribution in [-0.2, 0) is 14.3 Å². The van der Waals surface area contributed by atoms with Crippen molar-refractivity contribution in [1.82, 2.24) is 0 Å². The molecule has 0 unspecified atom stereocenters. The topological polar surface area (TPSA) is 110 Å². The van der Waals surface area contributed by atoms with Crippen LogP contribution in [0.5, 0.6) is 0 Å². The number of Topliss-reactive ketones (excluding diaryl/α,β-unsaturated/α-hetero) is 2. The third-order valence-corrected chi connectivity index (χ3v) is 4.03. The van der Waals surface area contributed by atoms with Crippen LogP contribution in [0.3, 0.4) is 0 Å². The van der Waals surface area contributed by atoms with Gasteiger partial charge in [0.25, 0.3) is 0 Å². The fraction of sp³-hybridized carbons (Fsp3) is 0.304. The number of ketones is 2. The number of esters is 1. The summed E-state index contributed by atoms with van der Waals surface area (Å²) in [5.41, 5.74) is 7.29. The lowest BCUT2D eigenvalue weighted by molar-refractivity contribution is -0.144. The van der Waals surface area contributed by atoms with Gasteiger partial charge in [-0.2, -0.15) is 5.26 Å². The van der Waals surface area contributed by atoms with E-state index in [1.807, 2.05) is 19.1 Å². The molecule has 0 radical (unpaired) electrons. The van der Waals surface area contributed by atoms with Crippen LogP contribution in [0.2, 0.25) is 0 Å². The van der Waals surface area contributed by atoms with E-state index in [0.29, 0.717) is 17.9 Å². The van der Waals surface area contributed by atoms with Gasteiger partial charge in [-0.3, -0.25) is 14.4 Å². The van der Waals surface area contributed by atoms with Gasteiger partial charge in [0.05, 0.1) is 18.6 Å². The third kappa shape index (κ3) is 9.11. The number of carbonyl (C=O) groups is 3. The first-order chi connectivity index (χ1) is 14.3. The largest absolute Gasteiger partial charge is 0.466 e. The first-order valence-electron chi connectivity index (χ1n) is 9.49. The van der Waals surface area contributed by atoms with Crippen LogP contribution >= 0.6 is 0 Å². The van der Waals surface area contributed by atoms with E-state index in [-0.39, 0.29) is 48.8 Å². The van der Waals surface area contributed by atoms with E-state index in [1.54, 1.807) is 25.1 Å². The number of hydrogen-bond acceptors (Lipinski definition) is 6. The van der Waals surface area contributed by atoms with Gasteiger partial charge in [-0.05, 0) is 32.0 Å². The molecule has 0 aromatic heterocycles. The monoisotopic (exact) mass is 412 g/mol. The highest BCUT2D eigenvalue weighted by Crippen LogP contribution is 2.10. The lowest BCUT2D eigenvalue weighted by Crippen LogP contribution is -2.09. The van der Waals surface area contributed by atoms with Crippen LogP contribution in [0.15, 0.2) is 42.5 Å². The molecule has 2 aromatic rings. The second kappa shape index (κ2) is 12.8. The maximum atomic E-state index is 12.5. The van der Waals surface area contributed by atoms with Crippen molar-refractivity contribution in [3.05, 3.63) is 65.0 Å². The number of rotatable bonds is 8. The third-order valence-electron chi connectivity index (χ3n) is 4.03. The van der Waals surface area contributed by atoms with E-state index in [9.17, 15) is 18.8 Å². The van der Waals surface area contributed by atoms with Gasteiger partial charge in [-0.1, -0.05) is 29.8 Å². The van der Waals surface area contributed by atoms with Gasteiger partial charge < -0.3 is 10.5 Å². The summed E-state index contributed by atoms with van der Waals surface area (Å²) in [6, 6.07) is 12.9. The number of carbonyl (C=O) groups excluding carboxylic acids is 3. The number of anilines is 1. The molecule has 0 amide bonds. The van der Waals surface area contributed by atoms with Crippen molar-refractivity contribution in [3.8, 4) is 6.07 Å². The Labute approximate surface area is 175 Å². The van der Waals surface area contributed by atoms with Crippen molar-refractivity contribution in [1.29, 1.82) is 5.26 Å². The molecule has 0 spiro atoms. The summed E-state index contributed by atoms with van der Waals surface area (Å²) in [4.78, 5) is 34.5. The Bertz CT molecular complexity index is 918. The van der Waals surface area contributed by atoms with Gasteiger partial charge in [0.1, 0.15) is 17.7 Å². The summed E-state index contributed by atoms with van der Waals surface area (Å²) in [6.07, 6.45) is 0.586. The molecule has 0 aliphatic rings. The average molecular weight is 412 g/mol. The fourth-order valence-electron chi connectivity index (χ4n) is 2.36. The van der Waals surface area contributed by atoms with Crippen LogP contribution in [-0.4, -0.2) is 24.1 Å². The maximum absolute atomic E-state index is 12.5. The number of nitriles is 1. The molecule has 7 heteroatoms. The van der Waals surface area contributed by atoms with E-state index in [2.05, 4.69) is 0 Å². The van der Waals surface area contributed by atoms with Crippen molar-refractivity contribution < 1.29 is 23.5 Å². The molecule has 0 fully saturated rings. The first kappa shape index (κ1) is 24.5. The minimum atomic E-state index is -0.567. The fourth-order valence-corrected chi connectivity index (χ4v) is 2.36. The van der Waals surface area contributed by atoms with E-state index in [1.165, 1.54) is 12.1 Å². The van der Waals surface area contributed by atoms with Crippen molar-refractivity contribution in [2.24, 2.45) is 0 Å². The highest BCUT2D eigenvalue weighted by atomic mass is 19.1. The minimum absolute atomic E-state index is 0.0224. The molecule has 6 nitrogen and oxygen atoms in total. The number of aryl methyl sites for hydroxylation is 1.